The standard InChI is InChI=1S/C13H12FIN2O/c1-8-12(15)7-17(16-8)13(9(2)18)10-3-5-11(14)6-4-10/h3-7,13H,1-2H3. The van der Waals surface area contributed by atoms with Gasteiger partial charge in [-0.05, 0) is 54.1 Å². The van der Waals surface area contributed by atoms with E-state index in [0.717, 1.165) is 14.8 Å². The Morgan fingerprint density at radius 2 is 2.00 bits per heavy atom. The van der Waals surface area contributed by atoms with Crippen LogP contribution in [0.25, 0.3) is 0 Å². The lowest BCUT2D eigenvalue weighted by atomic mass is 10.0. The molecule has 0 saturated carbocycles. The lowest BCUT2D eigenvalue weighted by molar-refractivity contribution is -0.119. The minimum absolute atomic E-state index is 0.0273. The molecule has 0 aliphatic heterocycles. The molecular weight excluding hydrogens is 346 g/mol. The smallest absolute Gasteiger partial charge is 0.158 e. The van der Waals surface area contributed by atoms with Gasteiger partial charge in [-0.3, -0.25) is 9.48 Å². The first-order valence-electron chi connectivity index (χ1n) is 5.46. The van der Waals surface area contributed by atoms with Gasteiger partial charge in [-0.25, -0.2) is 4.39 Å². The summed E-state index contributed by atoms with van der Waals surface area (Å²) < 4.78 is 15.5. The predicted octanol–water partition coefficient (Wildman–Crippen LogP) is 3.11. The van der Waals surface area contributed by atoms with Crippen molar-refractivity contribution in [1.29, 1.82) is 0 Å². The van der Waals surface area contributed by atoms with E-state index >= 15 is 0 Å². The summed E-state index contributed by atoms with van der Waals surface area (Å²) in [6.45, 7) is 3.40. The second-order valence-electron chi connectivity index (χ2n) is 4.11. The Labute approximate surface area is 118 Å². The minimum atomic E-state index is -0.493. The van der Waals surface area contributed by atoms with Crippen LogP contribution >= 0.6 is 22.6 Å². The van der Waals surface area contributed by atoms with Crippen molar-refractivity contribution in [3.8, 4) is 0 Å². The van der Waals surface area contributed by atoms with Gasteiger partial charge in [0, 0.05) is 6.20 Å². The minimum Gasteiger partial charge on any atom is -0.297 e. The quantitative estimate of drug-likeness (QED) is 0.791. The normalized spacial score (nSPS) is 12.4. The molecule has 0 N–H and O–H groups in total. The Bertz CT molecular complexity index is 558. The molecule has 0 radical (unpaired) electrons. The first-order valence-corrected chi connectivity index (χ1v) is 6.54. The fourth-order valence-electron chi connectivity index (χ4n) is 1.81. The summed E-state index contributed by atoms with van der Waals surface area (Å²) in [6, 6.07) is 5.45. The van der Waals surface area contributed by atoms with Crippen molar-refractivity contribution < 1.29 is 9.18 Å². The number of benzene rings is 1. The molecule has 0 amide bonds. The molecule has 5 heteroatoms. The highest BCUT2D eigenvalue weighted by Crippen LogP contribution is 2.21. The molecule has 1 atom stereocenters. The Kier molecular flexibility index (Phi) is 3.79. The molecule has 2 rings (SSSR count). The van der Waals surface area contributed by atoms with Gasteiger partial charge in [0.1, 0.15) is 11.9 Å². The number of hydrogen-bond donors (Lipinski definition) is 0. The number of aromatic nitrogens is 2. The van der Waals surface area contributed by atoms with Crippen LogP contribution in [0.5, 0.6) is 0 Å². The summed E-state index contributed by atoms with van der Waals surface area (Å²) in [5.41, 5.74) is 1.62. The van der Waals surface area contributed by atoms with Crippen molar-refractivity contribution in [3.05, 3.63) is 51.1 Å². The SMILES string of the molecule is CC(=O)C(c1ccc(F)cc1)n1cc(I)c(C)n1. The van der Waals surface area contributed by atoms with Gasteiger partial charge < -0.3 is 0 Å². The van der Waals surface area contributed by atoms with Crippen LogP contribution in [0, 0.1) is 16.3 Å². The van der Waals surface area contributed by atoms with E-state index in [1.807, 2.05) is 13.1 Å². The maximum Gasteiger partial charge on any atom is 0.158 e. The fraction of sp³-hybridized carbons (Fsp3) is 0.231. The van der Waals surface area contributed by atoms with Crippen LogP contribution < -0.4 is 0 Å². The second kappa shape index (κ2) is 5.17. The first-order chi connectivity index (χ1) is 8.49. The van der Waals surface area contributed by atoms with Crippen molar-refractivity contribution >= 4 is 28.4 Å². The van der Waals surface area contributed by atoms with Gasteiger partial charge in [-0.15, -0.1) is 0 Å². The van der Waals surface area contributed by atoms with Gasteiger partial charge in [0.2, 0.25) is 0 Å². The number of carbonyl (C=O) groups is 1. The van der Waals surface area contributed by atoms with Crippen molar-refractivity contribution in [2.75, 3.05) is 0 Å². The monoisotopic (exact) mass is 358 g/mol. The number of nitrogens with zero attached hydrogens (tertiary/aromatic N) is 2. The molecule has 0 aliphatic carbocycles. The molecule has 0 spiro atoms. The third-order valence-electron chi connectivity index (χ3n) is 2.69. The summed E-state index contributed by atoms with van der Waals surface area (Å²) in [6.07, 6.45) is 1.82. The van der Waals surface area contributed by atoms with Crippen LogP contribution in [-0.2, 0) is 4.79 Å². The van der Waals surface area contributed by atoms with E-state index in [-0.39, 0.29) is 11.6 Å². The molecule has 2 aromatic rings. The molecule has 0 saturated heterocycles. The molecule has 1 heterocycles. The number of rotatable bonds is 3. The van der Waals surface area contributed by atoms with Gasteiger partial charge in [0.25, 0.3) is 0 Å². The maximum atomic E-state index is 12.9. The lowest BCUT2D eigenvalue weighted by Crippen LogP contribution is -2.19. The number of aryl methyl sites for hydroxylation is 1. The van der Waals surface area contributed by atoms with E-state index in [4.69, 9.17) is 0 Å². The zero-order chi connectivity index (χ0) is 13.3. The van der Waals surface area contributed by atoms with Crippen LogP contribution in [0.1, 0.15) is 24.2 Å². The summed E-state index contributed by atoms with van der Waals surface area (Å²) >= 11 is 2.17. The molecule has 18 heavy (non-hydrogen) atoms. The predicted molar refractivity (Wildman–Crippen MR) is 74.9 cm³/mol. The molecule has 94 valence electrons. The lowest BCUT2D eigenvalue weighted by Gasteiger charge is -2.14. The summed E-state index contributed by atoms with van der Waals surface area (Å²) in [4.78, 5) is 11.8. The Hall–Kier alpha value is -1.24. The van der Waals surface area contributed by atoms with E-state index in [1.54, 1.807) is 16.8 Å². The summed E-state index contributed by atoms with van der Waals surface area (Å²) in [5.74, 6) is -0.340. The molecule has 1 aromatic heterocycles. The number of Topliss-reactive ketones (excluding diaryl/α,β-unsaturated/α-hetero) is 1. The zero-order valence-electron chi connectivity index (χ0n) is 10.0. The second-order valence-corrected chi connectivity index (χ2v) is 5.27. The molecule has 0 fully saturated rings. The fourth-order valence-corrected chi connectivity index (χ4v) is 2.20. The van der Waals surface area contributed by atoms with Gasteiger partial charge >= 0.3 is 0 Å². The Balaban J connectivity index is 2.46. The van der Waals surface area contributed by atoms with Crippen molar-refractivity contribution in [3.63, 3.8) is 0 Å². The average molecular weight is 358 g/mol. The largest absolute Gasteiger partial charge is 0.297 e. The topological polar surface area (TPSA) is 34.9 Å². The van der Waals surface area contributed by atoms with Crippen molar-refractivity contribution in [2.45, 2.75) is 19.9 Å². The highest BCUT2D eigenvalue weighted by molar-refractivity contribution is 14.1. The van der Waals surface area contributed by atoms with Crippen LogP contribution in [0.3, 0.4) is 0 Å². The third-order valence-corrected chi connectivity index (χ3v) is 3.75. The van der Waals surface area contributed by atoms with Crippen LogP contribution in [0.4, 0.5) is 4.39 Å². The third kappa shape index (κ3) is 2.60. The van der Waals surface area contributed by atoms with E-state index in [1.165, 1.54) is 19.1 Å². The molecule has 1 aromatic carbocycles. The number of hydrogen-bond acceptors (Lipinski definition) is 2. The maximum absolute atomic E-state index is 12.9. The van der Waals surface area contributed by atoms with Crippen LogP contribution in [-0.4, -0.2) is 15.6 Å². The van der Waals surface area contributed by atoms with Crippen LogP contribution in [0.2, 0.25) is 0 Å². The van der Waals surface area contributed by atoms with Crippen molar-refractivity contribution in [2.24, 2.45) is 0 Å². The average Bonchev–Trinajstić information content (AvgIpc) is 2.61. The Morgan fingerprint density at radius 3 is 2.44 bits per heavy atom. The van der Waals surface area contributed by atoms with Crippen LogP contribution in [0.15, 0.2) is 30.5 Å². The molecule has 0 bridgehead atoms. The van der Waals surface area contributed by atoms with E-state index in [0.29, 0.717) is 0 Å². The first kappa shape index (κ1) is 13.2. The molecule has 1 unspecified atom stereocenters. The Morgan fingerprint density at radius 1 is 1.39 bits per heavy atom. The number of ketones is 1. The van der Waals surface area contributed by atoms with E-state index in [9.17, 15) is 9.18 Å². The van der Waals surface area contributed by atoms with E-state index in [2.05, 4.69) is 27.7 Å². The summed E-state index contributed by atoms with van der Waals surface area (Å²) in [5, 5.41) is 4.33. The summed E-state index contributed by atoms with van der Waals surface area (Å²) in [7, 11) is 0. The van der Waals surface area contributed by atoms with Gasteiger partial charge in [-0.2, -0.15) is 5.10 Å². The van der Waals surface area contributed by atoms with Gasteiger partial charge in [0.05, 0.1) is 9.26 Å². The highest BCUT2D eigenvalue weighted by atomic mass is 127. The van der Waals surface area contributed by atoms with Gasteiger partial charge in [-0.1, -0.05) is 12.1 Å². The molecular formula is C13H12FIN2O. The van der Waals surface area contributed by atoms with Gasteiger partial charge in [0.15, 0.2) is 5.78 Å². The number of carbonyl (C=O) groups excluding carboxylic acids is 1. The zero-order valence-corrected chi connectivity index (χ0v) is 12.2. The van der Waals surface area contributed by atoms with E-state index < -0.39 is 6.04 Å². The molecule has 0 aliphatic rings. The highest BCUT2D eigenvalue weighted by Gasteiger charge is 2.20. The molecule has 3 nitrogen and oxygen atoms in total. The van der Waals surface area contributed by atoms with Crippen molar-refractivity contribution in [1.82, 2.24) is 9.78 Å². The number of halogens is 2.